The van der Waals surface area contributed by atoms with Crippen molar-refractivity contribution < 1.29 is 18.4 Å². The molecule has 0 fully saturated rings. The average molecular weight is 493 g/mol. The zero-order valence-corrected chi connectivity index (χ0v) is 15.6. The molecule has 0 saturated heterocycles. The molecule has 0 N–H and O–H groups in total. The van der Waals surface area contributed by atoms with Gasteiger partial charge in [0.2, 0.25) is 5.78 Å². The Bertz CT molecular complexity index is 1120. The lowest BCUT2D eigenvalue weighted by atomic mass is 9.90. The minimum Gasteiger partial charge on any atom is -0.452 e. The molecule has 0 saturated carbocycles. The number of rotatable bonds is 0. The van der Waals surface area contributed by atoms with Crippen LogP contribution < -0.4 is 0 Å². The molecule has 0 radical (unpaired) electrons. The lowest BCUT2D eigenvalue weighted by Crippen LogP contribution is -2.17. The molecule has 2 aromatic carbocycles. The molecule has 0 unspecified atom stereocenters. The number of fused-ring (bicyclic) bond motifs is 6. The van der Waals surface area contributed by atoms with E-state index in [-0.39, 0.29) is 17.3 Å². The van der Waals surface area contributed by atoms with Gasteiger partial charge in [-0.25, -0.2) is 0 Å². The van der Waals surface area contributed by atoms with Crippen molar-refractivity contribution in [3.8, 4) is 0 Å². The molecule has 2 heterocycles. The predicted molar refractivity (Wildman–Crippen MR) is 99.7 cm³/mol. The molecule has 24 heavy (non-hydrogen) atoms. The molecule has 0 amide bonds. The highest BCUT2D eigenvalue weighted by atomic mass is 127. The maximum atomic E-state index is 13.1. The van der Waals surface area contributed by atoms with Crippen molar-refractivity contribution >= 4 is 72.0 Å². The van der Waals surface area contributed by atoms with Gasteiger partial charge in [0, 0.05) is 18.8 Å². The summed E-state index contributed by atoms with van der Waals surface area (Å²) in [5, 5.41) is 1.29. The molecule has 1 aliphatic rings. The summed E-state index contributed by atoms with van der Waals surface area (Å²) >= 11 is 5.53. The van der Waals surface area contributed by atoms with Crippen LogP contribution in [0.15, 0.2) is 49.7 Å². The van der Waals surface area contributed by atoms with Crippen LogP contribution in [0.4, 0.5) is 0 Å². The summed E-state index contributed by atoms with van der Waals surface area (Å²) in [6.45, 7) is 0. The molecule has 2 aromatic heterocycles. The minimum atomic E-state index is -0.391. The van der Waals surface area contributed by atoms with Crippen LogP contribution in [0.2, 0.25) is 0 Å². The van der Waals surface area contributed by atoms with Crippen LogP contribution >= 0.6 is 38.5 Å². The van der Waals surface area contributed by atoms with Crippen LogP contribution in [0, 0.1) is 3.57 Å². The van der Waals surface area contributed by atoms with E-state index in [1.54, 1.807) is 12.1 Å². The number of carbonyl (C=O) groups excluding carboxylic acids is 2. The van der Waals surface area contributed by atoms with E-state index in [0.717, 1.165) is 8.04 Å². The third-order valence-corrected chi connectivity index (χ3v) is 5.33. The van der Waals surface area contributed by atoms with E-state index in [0.29, 0.717) is 33.1 Å². The second kappa shape index (κ2) is 4.80. The molecule has 0 bridgehead atoms. The number of benzene rings is 2. The highest BCUT2D eigenvalue weighted by Gasteiger charge is 2.39. The number of ketones is 2. The zero-order chi connectivity index (χ0) is 16.6. The third kappa shape index (κ3) is 1.78. The topological polar surface area (TPSA) is 60.4 Å². The summed E-state index contributed by atoms with van der Waals surface area (Å²) in [7, 11) is 0. The van der Waals surface area contributed by atoms with Crippen LogP contribution in [0.5, 0.6) is 0 Å². The van der Waals surface area contributed by atoms with E-state index in [1.165, 1.54) is 0 Å². The number of carbonyl (C=O) groups is 2. The first-order valence-electron chi connectivity index (χ1n) is 7.08. The number of furan rings is 2. The summed E-state index contributed by atoms with van der Waals surface area (Å²) in [6.07, 6.45) is 0. The standard InChI is InChI=1S/C18H6BrIO4/c19-7-1-3-9-11(5-7)23-17-13(9)15(21)14-10-4-2-8(20)6-12(10)24-18(14)16(17)22/h1-6H. The second-order valence-corrected chi connectivity index (χ2v) is 7.71. The van der Waals surface area contributed by atoms with Gasteiger partial charge < -0.3 is 8.83 Å². The Kier molecular flexibility index (Phi) is 2.88. The van der Waals surface area contributed by atoms with Crippen molar-refractivity contribution in [1.29, 1.82) is 0 Å². The van der Waals surface area contributed by atoms with E-state index >= 15 is 0 Å². The molecular weight excluding hydrogens is 487 g/mol. The summed E-state index contributed by atoms with van der Waals surface area (Å²) in [5.41, 5.74) is 1.67. The van der Waals surface area contributed by atoms with E-state index in [2.05, 4.69) is 38.5 Å². The molecule has 4 nitrogen and oxygen atoms in total. The van der Waals surface area contributed by atoms with Gasteiger partial charge in [-0.2, -0.15) is 0 Å². The smallest absolute Gasteiger partial charge is 0.264 e. The summed E-state index contributed by atoms with van der Waals surface area (Å²) in [6, 6.07) is 10.9. The highest BCUT2D eigenvalue weighted by Crippen LogP contribution is 2.40. The van der Waals surface area contributed by atoms with Crippen LogP contribution in [0.25, 0.3) is 21.9 Å². The normalized spacial score (nSPS) is 13.6. The van der Waals surface area contributed by atoms with Gasteiger partial charge in [-0.05, 0) is 59.0 Å². The Morgan fingerprint density at radius 2 is 1.38 bits per heavy atom. The molecule has 0 atom stereocenters. The lowest BCUT2D eigenvalue weighted by molar-refractivity contribution is 0.0943. The Labute approximate surface area is 157 Å². The summed E-state index contributed by atoms with van der Waals surface area (Å²) < 4.78 is 13.1. The maximum Gasteiger partial charge on any atom is 0.264 e. The lowest BCUT2D eigenvalue weighted by Gasteiger charge is -2.07. The Morgan fingerprint density at radius 3 is 2.04 bits per heavy atom. The monoisotopic (exact) mass is 492 g/mol. The SMILES string of the molecule is O=C1c2oc3cc(Br)ccc3c2C(=O)c2c1oc1cc(I)ccc21. The van der Waals surface area contributed by atoms with Gasteiger partial charge in [0.25, 0.3) is 5.78 Å². The fraction of sp³-hybridized carbons (Fsp3) is 0. The number of hydrogen-bond donors (Lipinski definition) is 0. The van der Waals surface area contributed by atoms with Gasteiger partial charge in [-0.3, -0.25) is 9.59 Å². The van der Waals surface area contributed by atoms with Gasteiger partial charge in [0.1, 0.15) is 11.2 Å². The first-order chi connectivity index (χ1) is 11.5. The van der Waals surface area contributed by atoms with Gasteiger partial charge >= 0.3 is 0 Å². The van der Waals surface area contributed by atoms with Crippen LogP contribution in [0.1, 0.15) is 32.2 Å². The second-order valence-electron chi connectivity index (χ2n) is 5.55. The molecule has 4 aromatic rings. The van der Waals surface area contributed by atoms with E-state index in [9.17, 15) is 9.59 Å². The first-order valence-corrected chi connectivity index (χ1v) is 8.95. The quantitative estimate of drug-likeness (QED) is 0.274. The van der Waals surface area contributed by atoms with Crippen LogP contribution in [0.3, 0.4) is 0 Å². The fourth-order valence-corrected chi connectivity index (χ4v) is 3.94. The minimum absolute atomic E-state index is 0.0503. The molecule has 1 aliphatic carbocycles. The Hall–Kier alpha value is -1.93. The highest BCUT2D eigenvalue weighted by molar-refractivity contribution is 14.1. The van der Waals surface area contributed by atoms with E-state index in [4.69, 9.17) is 8.83 Å². The molecule has 5 rings (SSSR count). The predicted octanol–water partition coefficient (Wildman–Crippen LogP) is 5.32. The van der Waals surface area contributed by atoms with E-state index < -0.39 is 5.78 Å². The molecule has 0 aliphatic heterocycles. The summed E-state index contributed by atoms with van der Waals surface area (Å²) in [5.74, 6) is -0.518. The van der Waals surface area contributed by atoms with Gasteiger partial charge in [-0.15, -0.1) is 0 Å². The fourth-order valence-electron chi connectivity index (χ4n) is 3.14. The molecule has 0 spiro atoms. The van der Waals surface area contributed by atoms with Crippen molar-refractivity contribution in [1.82, 2.24) is 0 Å². The first kappa shape index (κ1) is 14.4. The Balaban J connectivity index is 1.88. The van der Waals surface area contributed by atoms with Gasteiger partial charge in [0.15, 0.2) is 11.5 Å². The van der Waals surface area contributed by atoms with Crippen LogP contribution in [-0.4, -0.2) is 11.6 Å². The van der Waals surface area contributed by atoms with E-state index in [1.807, 2.05) is 24.3 Å². The Morgan fingerprint density at radius 1 is 0.792 bits per heavy atom. The van der Waals surface area contributed by atoms with Crippen molar-refractivity contribution in [2.45, 2.75) is 0 Å². The average Bonchev–Trinajstić information content (AvgIpc) is 3.10. The number of halogens is 2. The maximum absolute atomic E-state index is 13.1. The molecular formula is C18H6BrIO4. The number of hydrogen-bond acceptors (Lipinski definition) is 4. The van der Waals surface area contributed by atoms with Crippen molar-refractivity contribution in [3.63, 3.8) is 0 Å². The largest absolute Gasteiger partial charge is 0.452 e. The zero-order valence-electron chi connectivity index (χ0n) is 11.9. The van der Waals surface area contributed by atoms with Gasteiger partial charge in [-0.1, -0.05) is 15.9 Å². The summed E-state index contributed by atoms with van der Waals surface area (Å²) in [4.78, 5) is 25.9. The van der Waals surface area contributed by atoms with Crippen molar-refractivity contribution in [2.75, 3.05) is 0 Å². The molecule has 6 heteroatoms. The van der Waals surface area contributed by atoms with Gasteiger partial charge in [0.05, 0.1) is 11.1 Å². The van der Waals surface area contributed by atoms with Crippen molar-refractivity contribution in [3.05, 3.63) is 67.1 Å². The third-order valence-electron chi connectivity index (χ3n) is 4.17. The molecule has 116 valence electrons. The van der Waals surface area contributed by atoms with Crippen LogP contribution in [-0.2, 0) is 0 Å². The van der Waals surface area contributed by atoms with Crippen molar-refractivity contribution in [2.24, 2.45) is 0 Å².